The predicted octanol–water partition coefficient (Wildman–Crippen LogP) is 3.29. The highest BCUT2D eigenvalue weighted by Crippen LogP contribution is 2.47. The second kappa shape index (κ2) is 3.47. The first-order valence-electron chi connectivity index (χ1n) is 4.19. The summed E-state index contributed by atoms with van der Waals surface area (Å²) >= 11 is 5.73. The lowest BCUT2D eigenvalue weighted by Gasteiger charge is -2.33. The Morgan fingerprint density at radius 3 is 1.92 bits per heavy atom. The molecule has 1 rings (SSSR count). The van der Waals surface area contributed by atoms with Crippen LogP contribution in [0.5, 0.6) is 0 Å². The van der Waals surface area contributed by atoms with Gasteiger partial charge in [-0.3, -0.25) is 0 Å². The minimum Gasteiger partial charge on any atom is -0.135 e. The van der Waals surface area contributed by atoms with Gasteiger partial charge in [-0.1, -0.05) is 15.9 Å². The SMILES string of the molecule is CC1(C)C(I)=C(CBr)C(C)(C)N1[O]. The Kier molecular flexibility index (Phi) is 3.18. The molecular formula is C9H14BrINO. The maximum absolute atomic E-state index is 12.0. The molecule has 75 valence electrons. The molecule has 13 heavy (non-hydrogen) atoms. The lowest BCUT2D eigenvalue weighted by atomic mass is 9.99. The first kappa shape index (κ1) is 11.9. The van der Waals surface area contributed by atoms with E-state index in [9.17, 15) is 5.21 Å². The summed E-state index contributed by atoms with van der Waals surface area (Å²) in [5.41, 5.74) is 0.463. The van der Waals surface area contributed by atoms with Crippen LogP contribution in [0.4, 0.5) is 0 Å². The first-order chi connectivity index (χ1) is 5.76. The molecule has 0 unspecified atom stereocenters. The van der Waals surface area contributed by atoms with Gasteiger partial charge in [0.2, 0.25) is 0 Å². The van der Waals surface area contributed by atoms with Gasteiger partial charge in [0.15, 0.2) is 0 Å². The van der Waals surface area contributed by atoms with Crippen molar-refractivity contribution < 1.29 is 5.21 Å². The topological polar surface area (TPSA) is 23.1 Å². The molecule has 0 saturated heterocycles. The Bertz CT molecular complexity index is 260. The molecule has 0 N–H and O–H groups in total. The van der Waals surface area contributed by atoms with Crippen molar-refractivity contribution in [3.05, 3.63) is 9.15 Å². The lowest BCUT2D eigenvalue weighted by Crippen LogP contribution is -2.47. The van der Waals surface area contributed by atoms with E-state index in [1.54, 1.807) is 0 Å². The van der Waals surface area contributed by atoms with Crippen molar-refractivity contribution in [3.8, 4) is 0 Å². The van der Waals surface area contributed by atoms with E-state index < -0.39 is 0 Å². The van der Waals surface area contributed by atoms with Crippen molar-refractivity contribution >= 4 is 38.5 Å². The first-order valence-corrected chi connectivity index (χ1v) is 6.39. The van der Waals surface area contributed by atoms with Crippen LogP contribution in [-0.2, 0) is 5.21 Å². The van der Waals surface area contributed by atoms with Crippen molar-refractivity contribution in [2.45, 2.75) is 38.8 Å². The zero-order chi connectivity index (χ0) is 10.4. The Balaban J connectivity index is 3.23. The quantitative estimate of drug-likeness (QED) is 0.521. The number of nitrogens with zero attached hydrogens (tertiary/aromatic N) is 1. The van der Waals surface area contributed by atoms with Gasteiger partial charge in [0, 0.05) is 8.91 Å². The maximum atomic E-state index is 12.0. The highest BCUT2D eigenvalue weighted by Gasteiger charge is 2.50. The van der Waals surface area contributed by atoms with Gasteiger partial charge < -0.3 is 0 Å². The Morgan fingerprint density at radius 2 is 1.77 bits per heavy atom. The molecule has 0 spiro atoms. The molecule has 2 nitrogen and oxygen atoms in total. The van der Waals surface area contributed by atoms with E-state index >= 15 is 0 Å². The van der Waals surface area contributed by atoms with Gasteiger partial charge >= 0.3 is 0 Å². The van der Waals surface area contributed by atoms with E-state index in [0.717, 1.165) is 5.33 Å². The molecule has 4 heteroatoms. The second-order valence-electron chi connectivity index (χ2n) is 4.34. The molecule has 0 saturated carbocycles. The average Bonchev–Trinajstić information content (AvgIpc) is 2.12. The highest BCUT2D eigenvalue weighted by atomic mass is 127. The number of hydroxylamine groups is 2. The summed E-state index contributed by atoms with van der Waals surface area (Å²) in [5, 5.41) is 13.9. The van der Waals surface area contributed by atoms with Crippen LogP contribution in [0.25, 0.3) is 0 Å². The number of rotatable bonds is 1. The molecule has 0 amide bonds. The van der Waals surface area contributed by atoms with Crippen molar-refractivity contribution in [2.75, 3.05) is 5.33 Å². The van der Waals surface area contributed by atoms with Crippen molar-refractivity contribution in [1.82, 2.24) is 5.06 Å². The monoisotopic (exact) mass is 358 g/mol. The number of alkyl halides is 1. The molecule has 1 aliphatic heterocycles. The fourth-order valence-electron chi connectivity index (χ4n) is 1.77. The van der Waals surface area contributed by atoms with Crippen LogP contribution in [-0.4, -0.2) is 21.5 Å². The Labute approximate surface area is 102 Å². The highest BCUT2D eigenvalue weighted by molar-refractivity contribution is 14.1. The van der Waals surface area contributed by atoms with E-state index in [0.29, 0.717) is 0 Å². The minimum absolute atomic E-state index is 0.368. The number of halogens is 2. The fourth-order valence-corrected chi connectivity index (χ4v) is 4.33. The molecule has 1 heterocycles. The second-order valence-corrected chi connectivity index (χ2v) is 5.98. The molecule has 0 aliphatic carbocycles. The third-order valence-electron chi connectivity index (χ3n) is 2.69. The number of hydrogen-bond acceptors (Lipinski definition) is 1. The third-order valence-corrected chi connectivity index (χ3v) is 5.22. The van der Waals surface area contributed by atoms with Gasteiger partial charge in [0.25, 0.3) is 0 Å². The maximum Gasteiger partial charge on any atom is 0.0752 e. The van der Waals surface area contributed by atoms with Gasteiger partial charge in [-0.05, 0) is 55.9 Å². The summed E-state index contributed by atoms with van der Waals surface area (Å²) in [6.45, 7) is 7.90. The zero-order valence-electron chi connectivity index (χ0n) is 8.32. The Morgan fingerprint density at radius 1 is 1.31 bits per heavy atom. The summed E-state index contributed by atoms with van der Waals surface area (Å²) in [5.74, 6) is 0. The average molecular weight is 359 g/mol. The van der Waals surface area contributed by atoms with E-state index in [4.69, 9.17) is 0 Å². The molecule has 0 aromatic carbocycles. The van der Waals surface area contributed by atoms with Crippen LogP contribution < -0.4 is 0 Å². The summed E-state index contributed by atoms with van der Waals surface area (Å²) in [4.78, 5) is 0. The molecule has 0 aromatic rings. The van der Waals surface area contributed by atoms with Crippen LogP contribution in [0.2, 0.25) is 0 Å². The molecule has 0 atom stereocenters. The van der Waals surface area contributed by atoms with E-state index in [1.165, 1.54) is 14.2 Å². The van der Waals surface area contributed by atoms with Crippen LogP contribution >= 0.6 is 38.5 Å². The molecule has 1 aliphatic rings. The van der Waals surface area contributed by atoms with Gasteiger partial charge in [0.1, 0.15) is 0 Å². The van der Waals surface area contributed by atoms with Crippen molar-refractivity contribution in [1.29, 1.82) is 0 Å². The molecule has 0 bridgehead atoms. The summed E-state index contributed by atoms with van der Waals surface area (Å²) in [6, 6.07) is 0. The summed E-state index contributed by atoms with van der Waals surface area (Å²) in [6.07, 6.45) is 0. The van der Waals surface area contributed by atoms with Gasteiger partial charge in [0.05, 0.1) is 11.1 Å². The minimum atomic E-state index is -0.372. The Hall–Kier alpha value is 0.870. The van der Waals surface area contributed by atoms with Crippen molar-refractivity contribution in [3.63, 3.8) is 0 Å². The summed E-state index contributed by atoms with van der Waals surface area (Å²) in [7, 11) is 0. The van der Waals surface area contributed by atoms with Crippen molar-refractivity contribution in [2.24, 2.45) is 0 Å². The van der Waals surface area contributed by atoms with Crippen LogP contribution in [0.1, 0.15) is 27.7 Å². The van der Waals surface area contributed by atoms with E-state index in [1.807, 2.05) is 27.7 Å². The zero-order valence-corrected chi connectivity index (χ0v) is 12.1. The number of hydrogen-bond donors (Lipinski definition) is 0. The summed E-state index contributed by atoms with van der Waals surface area (Å²) < 4.78 is 1.17. The predicted molar refractivity (Wildman–Crippen MR) is 65.5 cm³/mol. The van der Waals surface area contributed by atoms with E-state index in [-0.39, 0.29) is 11.1 Å². The normalized spacial score (nSPS) is 27.0. The lowest BCUT2D eigenvalue weighted by molar-refractivity contribution is -0.238. The van der Waals surface area contributed by atoms with Crippen LogP contribution in [0.3, 0.4) is 0 Å². The smallest absolute Gasteiger partial charge is 0.0752 e. The van der Waals surface area contributed by atoms with Gasteiger partial charge in [-0.25, -0.2) is 0 Å². The van der Waals surface area contributed by atoms with Crippen LogP contribution in [0.15, 0.2) is 9.15 Å². The fraction of sp³-hybridized carbons (Fsp3) is 0.778. The van der Waals surface area contributed by atoms with E-state index in [2.05, 4.69) is 38.5 Å². The van der Waals surface area contributed by atoms with Gasteiger partial charge in [-0.15, -0.1) is 10.3 Å². The third kappa shape index (κ3) is 1.60. The molecule has 0 fully saturated rings. The van der Waals surface area contributed by atoms with Crippen LogP contribution in [0, 0.1) is 0 Å². The largest absolute Gasteiger partial charge is 0.135 e. The molecule has 1 radical (unpaired) electrons. The molecule has 0 aromatic heterocycles. The van der Waals surface area contributed by atoms with Gasteiger partial charge in [-0.2, -0.15) is 0 Å². The standard InChI is InChI=1S/C9H14BrINO/c1-8(2)6(5-10)7(11)9(3,4)12(8)13/h5H2,1-4H3. The molecular weight excluding hydrogens is 345 g/mol.